The van der Waals surface area contributed by atoms with Crippen LogP contribution in [0.3, 0.4) is 0 Å². The molecule has 2 N–H and O–H groups in total. The minimum atomic E-state index is 0. The monoisotopic (exact) mass is 298 g/mol. The van der Waals surface area contributed by atoms with Crippen molar-refractivity contribution >= 4 is 18.3 Å². The summed E-state index contributed by atoms with van der Waals surface area (Å²) in [4.78, 5) is 15.1. The average Bonchev–Trinajstić information content (AvgIpc) is 2.85. The molecule has 0 aromatic rings. The summed E-state index contributed by atoms with van der Waals surface area (Å²) in [5.41, 5.74) is 5.84. The molecule has 1 amide bonds. The Bertz CT molecular complexity index is 359. The molecule has 4 bridgehead atoms. The second kappa shape index (κ2) is 5.49. The molecule has 4 aliphatic carbocycles. The summed E-state index contributed by atoms with van der Waals surface area (Å²) in [6, 6.07) is 0.338. The number of nitrogens with zero attached hydrogens (tertiary/aromatic N) is 1. The Morgan fingerprint density at radius 3 is 2.20 bits per heavy atom. The van der Waals surface area contributed by atoms with Gasteiger partial charge in [-0.15, -0.1) is 12.4 Å². The Labute approximate surface area is 128 Å². The number of nitrogens with two attached hydrogens (primary N) is 1. The van der Waals surface area contributed by atoms with E-state index in [0.717, 1.165) is 31.2 Å². The molecule has 0 radical (unpaired) electrons. The van der Waals surface area contributed by atoms with E-state index in [2.05, 4.69) is 4.90 Å². The molecule has 1 saturated heterocycles. The Balaban J connectivity index is 0.00000121. The zero-order valence-electron chi connectivity index (χ0n) is 12.2. The van der Waals surface area contributed by atoms with Gasteiger partial charge in [-0.25, -0.2) is 0 Å². The Kier molecular flexibility index (Phi) is 4.02. The maximum absolute atomic E-state index is 13.0. The lowest BCUT2D eigenvalue weighted by Crippen LogP contribution is -2.53. The lowest BCUT2D eigenvalue weighted by atomic mass is 9.51. The molecule has 20 heavy (non-hydrogen) atoms. The molecule has 1 unspecified atom stereocenters. The topological polar surface area (TPSA) is 46.3 Å². The third kappa shape index (κ3) is 2.18. The fourth-order valence-corrected chi connectivity index (χ4v) is 5.89. The number of carbonyl (C=O) groups excluding carboxylic acids is 1. The van der Waals surface area contributed by atoms with Crippen molar-refractivity contribution in [3.05, 3.63) is 0 Å². The van der Waals surface area contributed by atoms with Crippen LogP contribution in [-0.4, -0.2) is 29.9 Å². The first-order valence-electron chi connectivity index (χ1n) is 8.26. The summed E-state index contributed by atoms with van der Waals surface area (Å²) in [5.74, 6) is 4.16. The van der Waals surface area contributed by atoms with Crippen molar-refractivity contribution in [3.63, 3.8) is 0 Å². The van der Waals surface area contributed by atoms with E-state index in [1.165, 1.54) is 32.1 Å². The molecule has 1 aliphatic heterocycles. The predicted octanol–water partition coefficient (Wildman–Crippen LogP) is 2.43. The molecule has 114 valence electrons. The SMILES string of the molecule is Cl.NCC1CCCN1C(=O)C1C2CC3CC(C2)CC1C3. The highest BCUT2D eigenvalue weighted by Crippen LogP contribution is 2.57. The second-order valence-corrected chi connectivity index (χ2v) is 7.52. The van der Waals surface area contributed by atoms with Gasteiger partial charge in [0.25, 0.3) is 0 Å². The van der Waals surface area contributed by atoms with Crippen molar-refractivity contribution in [2.45, 2.75) is 51.0 Å². The molecule has 1 heterocycles. The fraction of sp³-hybridized carbons (Fsp3) is 0.938. The largest absolute Gasteiger partial charge is 0.338 e. The highest BCUT2D eigenvalue weighted by atomic mass is 35.5. The number of likely N-dealkylation sites (tertiary alicyclic amines) is 1. The van der Waals surface area contributed by atoms with E-state index in [1.807, 2.05) is 0 Å². The number of halogens is 1. The van der Waals surface area contributed by atoms with E-state index in [1.54, 1.807) is 0 Å². The van der Waals surface area contributed by atoms with Crippen LogP contribution < -0.4 is 5.73 Å². The minimum absolute atomic E-state index is 0. The normalized spacial score (nSPS) is 45.5. The maximum Gasteiger partial charge on any atom is 0.226 e. The van der Waals surface area contributed by atoms with E-state index in [9.17, 15) is 4.79 Å². The predicted molar refractivity (Wildman–Crippen MR) is 81.6 cm³/mol. The van der Waals surface area contributed by atoms with Gasteiger partial charge in [0.05, 0.1) is 0 Å². The van der Waals surface area contributed by atoms with Gasteiger partial charge in [0, 0.05) is 25.0 Å². The van der Waals surface area contributed by atoms with Gasteiger partial charge in [-0.2, -0.15) is 0 Å². The van der Waals surface area contributed by atoms with Gasteiger partial charge in [-0.3, -0.25) is 4.79 Å². The van der Waals surface area contributed by atoms with Crippen LogP contribution >= 0.6 is 12.4 Å². The molecule has 0 aromatic heterocycles. The van der Waals surface area contributed by atoms with Gasteiger partial charge in [0.1, 0.15) is 0 Å². The van der Waals surface area contributed by atoms with Gasteiger partial charge in [-0.05, 0) is 68.6 Å². The number of rotatable bonds is 2. The van der Waals surface area contributed by atoms with Crippen LogP contribution in [0.1, 0.15) is 44.9 Å². The number of carbonyl (C=O) groups is 1. The zero-order valence-corrected chi connectivity index (χ0v) is 13.0. The molecule has 0 aromatic carbocycles. The van der Waals surface area contributed by atoms with Crippen molar-refractivity contribution in [1.82, 2.24) is 4.90 Å². The Morgan fingerprint density at radius 1 is 1.05 bits per heavy atom. The molecule has 5 aliphatic rings. The summed E-state index contributed by atoms with van der Waals surface area (Å²) in [7, 11) is 0. The highest BCUT2D eigenvalue weighted by Gasteiger charge is 2.52. The fourth-order valence-electron chi connectivity index (χ4n) is 5.89. The molecular formula is C16H27ClN2O. The summed E-state index contributed by atoms with van der Waals surface area (Å²) in [6.45, 7) is 1.61. The first kappa shape index (κ1) is 14.6. The number of amides is 1. The summed E-state index contributed by atoms with van der Waals surface area (Å²) < 4.78 is 0. The molecule has 3 nitrogen and oxygen atoms in total. The quantitative estimate of drug-likeness (QED) is 0.851. The van der Waals surface area contributed by atoms with Gasteiger partial charge in [0.2, 0.25) is 5.91 Å². The summed E-state index contributed by atoms with van der Waals surface area (Å²) in [6.07, 6.45) is 9.09. The van der Waals surface area contributed by atoms with Crippen LogP contribution in [0.15, 0.2) is 0 Å². The third-order valence-electron chi connectivity index (χ3n) is 6.44. The van der Waals surface area contributed by atoms with E-state index in [4.69, 9.17) is 5.73 Å². The Morgan fingerprint density at radius 2 is 1.65 bits per heavy atom. The molecule has 0 spiro atoms. The highest BCUT2D eigenvalue weighted by molar-refractivity contribution is 5.85. The van der Waals surface area contributed by atoms with Gasteiger partial charge in [-0.1, -0.05) is 0 Å². The average molecular weight is 299 g/mol. The van der Waals surface area contributed by atoms with E-state index in [0.29, 0.717) is 36.2 Å². The van der Waals surface area contributed by atoms with E-state index >= 15 is 0 Å². The maximum atomic E-state index is 13.0. The van der Waals surface area contributed by atoms with Crippen molar-refractivity contribution in [2.75, 3.05) is 13.1 Å². The zero-order chi connectivity index (χ0) is 13.0. The number of hydrogen-bond donors (Lipinski definition) is 1. The smallest absolute Gasteiger partial charge is 0.226 e. The lowest BCUT2D eigenvalue weighted by molar-refractivity contribution is -0.149. The van der Waals surface area contributed by atoms with Crippen LogP contribution in [0.4, 0.5) is 0 Å². The van der Waals surface area contributed by atoms with Crippen molar-refractivity contribution in [3.8, 4) is 0 Å². The Hall–Kier alpha value is -0.280. The first-order chi connectivity index (χ1) is 9.26. The summed E-state index contributed by atoms with van der Waals surface area (Å²) >= 11 is 0. The van der Waals surface area contributed by atoms with Crippen molar-refractivity contribution in [2.24, 2.45) is 35.3 Å². The van der Waals surface area contributed by atoms with Crippen LogP contribution in [0.2, 0.25) is 0 Å². The lowest BCUT2D eigenvalue weighted by Gasteiger charge is -2.54. The minimum Gasteiger partial charge on any atom is -0.338 e. The molecule has 4 heteroatoms. The molecular weight excluding hydrogens is 272 g/mol. The van der Waals surface area contributed by atoms with Crippen LogP contribution in [0.25, 0.3) is 0 Å². The van der Waals surface area contributed by atoms with Crippen LogP contribution in [-0.2, 0) is 4.79 Å². The van der Waals surface area contributed by atoms with Gasteiger partial charge >= 0.3 is 0 Å². The second-order valence-electron chi connectivity index (χ2n) is 7.52. The van der Waals surface area contributed by atoms with Crippen molar-refractivity contribution in [1.29, 1.82) is 0 Å². The van der Waals surface area contributed by atoms with Crippen molar-refractivity contribution < 1.29 is 4.79 Å². The van der Waals surface area contributed by atoms with Crippen LogP contribution in [0.5, 0.6) is 0 Å². The van der Waals surface area contributed by atoms with E-state index < -0.39 is 0 Å². The molecule has 5 fully saturated rings. The summed E-state index contributed by atoms with van der Waals surface area (Å²) in [5, 5.41) is 0. The standard InChI is InChI=1S/C16H26N2O.ClH/c17-9-14-2-1-3-18(14)16(19)15-12-5-10-4-11(7-12)8-13(15)6-10;/h10-15H,1-9,17H2;1H. The first-order valence-corrected chi connectivity index (χ1v) is 8.26. The van der Waals surface area contributed by atoms with E-state index in [-0.39, 0.29) is 12.4 Å². The third-order valence-corrected chi connectivity index (χ3v) is 6.44. The number of hydrogen-bond acceptors (Lipinski definition) is 2. The molecule has 1 atom stereocenters. The van der Waals surface area contributed by atoms with Crippen LogP contribution in [0, 0.1) is 29.6 Å². The van der Waals surface area contributed by atoms with Gasteiger partial charge in [0.15, 0.2) is 0 Å². The molecule has 5 rings (SSSR count). The molecule has 4 saturated carbocycles. The van der Waals surface area contributed by atoms with Gasteiger partial charge < -0.3 is 10.6 Å².